The molecule has 264 valence electrons. The van der Waals surface area contributed by atoms with E-state index in [1.807, 2.05) is 45.0 Å². The Morgan fingerprint density at radius 3 is 2.24 bits per heavy atom. The number of methoxy groups -OCH3 is 1. The molecule has 0 atom stereocenters. The van der Waals surface area contributed by atoms with Gasteiger partial charge in [0.2, 0.25) is 11.8 Å². The summed E-state index contributed by atoms with van der Waals surface area (Å²) in [7, 11) is 1.41. The van der Waals surface area contributed by atoms with Crippen molar-refractivity contribution in [3.63, 3.8) is 0 Å². The summed E-state index contributed by atoms with van der Waals surface area (Å²) in [5.41, 5.74) is 6.50. The van der Waals surface area contributed by atoms with E-state index in [-0.39, 0.29) is 43.1 Å². The topological polar surface area (TPSA) is 164 Å². The van der Waals surface area contributed by atoms with Crippen molar-refractivity contribution in [2.24, 2.45) is 17.6 Å². The first-order valence-electron chi connectivity index (χ1n) is 16.9. The molecule has 1 aliphatic heterocycles. The van der Waals surface area contributed by atoms with E-state index in [0.29, 0.717) is 72.3 Å². The van der Waals surface area contributed by atoms with Gasteiger partial charge in [-0.2, -0.15) is 0 Å². The van der Waals surface area contributed by atoms with Gasteiger partial charge in [-0.15, -0.1) is 0 Å². The molecule has 1 aliphatic carbocycles. The van der Waals surface area contributed by atoms with Crippen LogP contribution in [0.1, 0.15) is 75.5 Å². The summed E-state index contributed by atoms with van der Waals surface area (Å²) in [6, 6.07) is 12.3. The maximum Gasteiger partial charge on any atom is 0.410 e. The fraction of sp³-hybridized carbons (Fsp3) is 0.528. The minimum absolute atomic E-state index is 0.0160. The highest BCUT2D eigenvalue weighted by Crippen LogP contribution is 2.29. The first-order valence-corrected chi connectivity index (χ1v) is 16.9. The van der Waals surface area contributed by atoms with Crippen LogP contribution < -0.4 is 20.5 Å². The number of ether oxygens (including phenoxy) is 4. The summed E-state index contributed by atoms with van der Waals surface area (Å²) < 4.78 is 24.4. The predicted octanol–water partition coefficient (Wildman–Crippen LogP) is 4.59. The van der Waals surface area contributed by atoms with Crippen LogP contribution in [0.5, 0.6) is 11.5 Å². The number of rotatable bonds is 11. The van der Waals surface area contributed by atoms with E-state index in [9.17, 15) is 19.2 Å². The fourth-order valence-electron chi connectivity index (χ4n) is 6.28. The van der Waals surface area contributed by atoms with Crippen molar-refractivity contribution in [1.82, 2.24) is 19.8 Å². The molecule has 0 unspecified atom stereocenters. The number of amides is 3. The van der Waals surface area contributed by atoms with Gasteiger partial charge in [0, 0.05) is 38.0 Å². The van der Waals surface area contributed by atoms with Crippen molar-refractivity contribution in [2.45, 2.75) is 84.2 Å². The minimum Gasteiger partial charge on any atom is -0.490 e. The molecular weight excluding hydrogens is 630 g/mol. The predicted molar refractivity (Wildman–Crippen MR) is 181 cm³/mol. The number of esters is 1. The van der Waals surface area contributed by atoms with Gasteiger partial charge >= 0.3 is 12.1 Å². The lowest BCUT2D eigenvalue weighted by Gasteiger charge is -2.33. The Labute approximate surface area is 286 Å². The van der Waals surface area contributed by atoms with Crippen LogP contribution in [0, 0.1) is 11.8 Å². The Bertz CT molecular complexity index is 1630. The van der Waals surface area contributed by atoms with Crippen molar-refractivity contribution in [1.29, 1.82) is 0 Å². The Kier molecular flexibility index (Phi) is 11.3. The second kappa shape index (κ2) is 15.6. The molecule has 0 bridgehead atoms. The smallest absolute Gasteiger partial charge is 0.410 e. The summed E-state index contributed by atoms with van der Waals surface area (Å²) in [6.45, 7) is 7.32. The number of likely N-dealkylation sites (tertiary alicyclic amines) is 1. The van der Waals surface area contributed by atoms with Crippen LogP contribution in [0.4, 0.5) is 4.79 Å². The fourth-order valence-corrected chi connectivity index (χ4v) is 6.28. The first-order chi connectivity index (χ1) is 23.4. The van der Waals surface area contributed by atoms with E-state index in [1.54, 1.807) is 27.7 Å². The van der Waals surface area contributed by atoms with E-state index in [2.05, 4.69) is 10.3 Å². The van der Waals surface area contributed by atoms with Crippen molar-refractivity contribution < 1.29 is 38.1 Å². The SMILES string of the molecule is COC(=O)C1CCC(CNC(=O)Cn2c(COc3ccc(OC4CCN(C(=O)OC(C)(C)C)CC4)cc3)nc3cc(C(N)=O)ccc32)CC1. The molecular formula is C36H47N5O8. The lowest BCUT2D eigenvalue weighted by molar-refractivity contribution is -0.146. The number of nitrogens with two attached hydrogens (primary N) is 1. The van der Waals surface area contributed by atoms with Crippen LogP contribution >= 0.6 is 0 Å². The van der Waals surface area contributed by atoms with Gasteiger partial charge in [0.15, 0.2) is 0 Å². The van der Waals surface area contributed by atoms with Gasteiger partial charge in [-0.1, -0.05) is 0 Å². The lowest BCUT2D eigenvalue weighted by atomic mass is 9.82. The number of hydrogen-bond acceptors (Lipinski definition) is 9. The molecule has 3 aromatic rings. The van der Waals surface area contributed by atoms with E-state index in [4.69, 9.17) is 24.7 Å². The maximum atomic E-state index is 13.1. The third-order valence-corrected chi connectivity index (χ3v) is 8.97. The highest BCUT2D eigenvalue weighted by Gasteiger charge is 2.29. The van der Waals surface area contributed by atoms with Crippen LogP contribution in [0.2, 0.25) is 0 Å². The quantitative estimate of drug-likeness (QED) is 0.276. The van der Waals surface area contributed by atoms with Crippen molar-refractivity contribution in [3.05, 3.63) is 53.9 Å². The average Bonchev–Trinajstić information content (AvgIpc) is 3.42. The molecule has 0 radical (unpaired) electrons. The van der Waals surface area contributed by atoms with Crippen LogP contribution in [0.15, 0.2) is 42.5 Å². The summed E-state index contributed by atoms with van der Waals surface area (Å²) in [6.07, 6.45) is 4.30. The molecule has 3 N–H and O–H groups in total. The van der Waals surface area contributed by atoms with E-state index in [0.717, 1.165) is 25.7 Å². The van der Waals surface area contributed by atoms with Crippen molar-refractivity contribution in [2.75, 3.05) is 26.7 Å². The monoisotopic (exact) mass is 677 g/mol. The summed E-state index contributed by atoms with van der Waals surface area (Å²) in [4.78, 5) is 55.6. The lowest BCUT2D eigenvalue weighted by Crippen LogP contribution is -2.44. The Hall–Kier alpha value is -4.81. The second-order valence-electron chi connectivity index (χ2n) is 13.8. The van der Waals surface area contributed by atoms with Gasteiger partial charge in [-0.3, -0.25) is 14.4 Å². The number of primary amides is 1. The third kappa shape index (κ3) is 9.64. The Balaban J connectivity index is 1.17. The molecule has 2 fully saturated rings. The van der Waals surface area contributed by atoms with Crippen LogP contribution in [0.3, 0.4) is 0 Å². The van der Waals surface area contributed by atoms with E-state index < -0.39 is 11.5 Å². The summed E-state index contributed by atoms with van der Waals surface area (Å²) in [5, 5.41) is 3.04. The van der Waals surface area contributed by atoms with Crippen molar-refractivity contribution in [3.8, 4) is 11.5 Å². The number of benzene rings is 2. The highest BCUT2D eigenvalue weighted by molar-refractivity contribution is 5.96. The van der Waals surface area contributed by atoms with Gasteiger partial charge in [-0.05, 0) is 94.8 Å². The van der Waals surface area contributed by atoms with Gasteiger partial charge in [0.05, 0.1) is 24.1 Å². The van der Waals surface area contributed by atoms with E-state index in [1.165, 1.54) is 7.11 Å². The molecule has 1 saturated heterocycles. The first kappa shape index (κ1) is 35.5. The second-order valence-corrected chi connectivity index (χ2v) is 13.8. The molecule has 2 aromatic carbocycles. The Morgan fingerprint density at radius 2 is 1.61 bits per heavy atom. The maximum absolute atomic E-state index is 13.1. The molecule has 2 aliphatic rings. The molecule has 1 aromatic heterocycles. The van der Waals surface area contributed by atoms with Crippen LogP contribution in [0.25, 0.3) is 11.0 Å². The number of piperidine rings is 1. The third-order valence-electron chi connectivity index (χ3n) is 8.97. The molecule has 3 amide bonds. The summed E-state index contributed by atoms with van der Waals surface area (Å²) in [5.74, 6) is 1.13. The highest BCUT2D eigenvalue weighted by atomic mass is 16.6. The molecule has 2 heterocycles. The Morgan fingerprint density at radius 1 is 0.939 bits per heavy atom. The largest absolute Gasteiger partial charge is 0.490 e. The molecule has 0 spiro atoms. The summed E-state index contributed by atoms with van der Waals surface area (Å²) >= 11 is 0. The van der Waals surface area contributed by atoms with E-state index >= 15 is 0 Å². The zero-order chi connectivity index (χ0) is 35.1. The number of nitrogens with zero attached hydrogens (tertiary/aromatic N) is 3. The molecule has 49 heavy (non-hydrogen) atoms. The number of carbonyl (C=O) groups excluding carboxylic acids is 4. The number of hydrogen-bond donors (Lipinski definition) is 2. The molecule has 1 saturated carbocycles. The number of nitrogens with one attached hydrogen (secondary N) is 1. The normalized spacial score (nSPS) is 18.5. The number of fused-ring (bicyclic) bond motifs is 1. The minimum atomic E-state index is -0.565. The molecule has 5 rings (SSSR count). The zero-order valence-corrected chi connectivity index (χ0v) is 28.7. The number of imidazole rings is 1. The molecule has 13 nitrogen and oxygen atoms in total. The molecule has 13 heteroatoms. The van der Waals surface area contributed by atoms with Crippen LogP contribution in [-0.2, 0) is 32.2 Å². The number of carbonyl (C=O) groups is 4. The zero-order valence-electron chi connectivity index (χ0n) is 28.7. The van der Waals surface area contributed by atoms with Gasteiger partial charge < -0.3 is 39.5 Å². The standard InChI is InChI=1S/C36H47N5O8/c1-36(2,3)49-35(45)40-17-15-28(16-18-40)48-27-12-10-26(11-13-27)47-22-31-39-29-19-25(33(37)43)9-14-30(29)41(31)21-32(42)38-20-23-5-7-24(8-6-23)34(44)46-4/h9-14,19,23-24,28H,5-8,15-18,20-22H2,1-4H3,(H2,37,43)(H,38,42). The average molecular weight is 678 g/mol. The van der Waals surface area contributed by atoms with Gasteiger partial charge in [-0.25, -0.2) is 9.78 Å². The van der Waals surface area contributed by atoms with Crippen LogP contribution in [-0.4, -0.2) is 76.8 Å². The van der Waals surface area contributed by atoms with Gasteiger partial charge in [0.1, 0.15) is 42.2 Å². The van der Waals surface area contributed by atoms with Crippen molar-refractivity contribution >= 4 is 34.9 Å². The van der Waals surface area contributed by atoms with Gasteiger partial charge in [0.25, 0.3) is 0 Å². The number of aromatic nitrogens is 2.